The van der Waals surface area contributed by atoms with Crippen molar-refractivity contribution in [3.63, 3.8) is 0 Å². The summed E-state index contributed by atoms with van der Waals surface area (Å²) in [5.74, 6) is 0.172. The molecule has 0 aliphatic carbocycles. The van der Waals surface area contributed by atoms with Gasteiger partial charge in [-0.3, -0.25) is 18.7 Å². The van der Waals surface area contributed by atoms with Gasteiger partial charge in [0.1, 0.15) is 16.2 Å². The van der Waals surface area contributed by atoms with Crippen LogP contribution in [-0.2, 0) is 30.0 Å². The first-order valence-corrected chi connectivity index (χ1v) is 8.55. The second-order valence-corrected chi connectivity index (χ2v) is 6.28. The first kappa shape index (κ1) is 18.2. The molecule has 0 spiro atoms. The maximum absolute atomic E-state index is 12.5. The van der Waals surface area contributed by atoms with Gasteiger partial charge in [-0.15, -0.1) is 0 Å². The van der Waals surface area contributed by atoms with Crippen molar-refractivity contribution in [2.24, 2.45) is 14.1 Å². The maximum atomic E-state index is 12.5. The van der Waals surface area contributed by atoms with Gasteiger partial charge in [0, 0.05) is 20.5 Å². The Kier molecular flexibility index (Phi) is 5.76. The summed E-state index contributed by atoms with van der Waals surface area (Å²) < 4.78 is 6.98. The van der Waals surface area contributed by atoms with Gasteiger partial charge in [-0.2, -0.15) is 0 Å². The smallest absolute Gasteiger partial charge is 0.332 e. The molecule has 0 saturated carbocycles. The van der Waals surface area contributed by atoms with Crippen LogP contribution < -0.4 is 11.2 Å². The van der Waals surface area contributed by atoms with Crippen LogP contribution >= 0.6 is 11.8 Å². The van der Waals surface area contributed by atoms with E-state index in [4.69, 9.17) is 0 Å². The van der Waals surface area contributed by atoms with E-state index in [1.165, 1.54) is 18.7 Å². The molecule has 0 radical (unpaired) electrons. The van der Waals surface area contributed by atoms with E-state index in [0.29, 0.717) is 17.3 Å². The normalized spacial score (nSPS) is 11.0. The van der Waals surface area contributed by atoms with Crippen LogP contribution in [0.3, 0.4) is 0 Å². The molecule has 2 rings (SSSR count). The predicted octanol–water partition coefficient (Wildman–Crippen LogP) is 0.635. The average molecular weight is 352 g/mol. The summed E-state index contributed by atoms with van der Waals surface area (Å²) in [5, 5.41) is 0.640. The molecule has 130 valence electrons. The number of fused-ring (bicyclic) bond motifs is 1. The lowest BCUT2D eigenvalue weighted by Crippen LogP contribution is -2.38. The van der Waals surface area contributed by atoms with Gasteiger partial charge in [-0.1, -0.05) is 25.1 Å². The highest BCUT2D eigenvalue weighted by atomic mass is 32.2. The lowest BCUT2D eigenvalue weighted by molar-refractivity contribution is -0.137. The van der Waals surface area contributed by atoms with E-state index in [-0.39, 0.29) is 16.8 Å². The van der Waals surface area contributed by atoms with Crippen molar-refractivity contribution >= 4 is 28.8 Å². The lowest BCUT2D eigenvalue weighted by Gasteiger charge is -2.11. The van der Waals surface area contributed by atoms with Crippen molar-refractivity contribution in [3.05, 3.63) is 26.7 Å². The van der Waals surface area contributed by atoms with Gasteiger partial charge in [0.15, 0.2) is 5.65 Å². The second kappa shape index (κ2) is 7.61. The number of hydrogen-bond donors (Lipinski definition) is 0. The van der Waals surface area contributed by atoms with Crippen molar-refractivity contribution in [1.29, 1.82) is 0 Å². The Labute approximate surface area is 142 Å². The fourth-order valence-electron chi connectivity index (χ4n) is 2.21. The highest BCUT2D eigenvalue weighted by Gasteiger charge is 2.18. The molecular weight excluding hydrogens is 332 g/mol. The summed E-state index contributed by atoms with van der Waals surface area (Å²) in [7, 11) is 4.27. The number of aryl methyl sites for hydroxylation is 2. The number of thioether (sulfide) groups is 1. The second-order valence-electron chi connectivity index (χ2n) is 5.32. The number of carbonyl (C=O) groups excluding carboxylic acids is 1. The van der Waals surface area contributed by atoms with E-state index < -0.39 is 17.2 Å². The summed E-state index contributed by atoms with van der Waals surface area (Å²) in [6.07, 6.45) is 2.51. The zero-order valence-corrected chi connectivity index (χ0v) is 15.0. The Morgan fingerprint density at radius 2 is 1.92 bits per heavy atom. The number of aromatic nitrogens is 4. The third kappa shape index (κ3) is 3.50. The van der Waals surface area contributed by atoms with Crippen LogP contribution in [0, 0.1) is 0 Å². The number of nitrogens with zero attached hydrogens (tertiary/aromatic N) is 4. The summed E-state index contributed by atoms with van der Waals surface area (Å²) in [4.78, 5) is 44.9. The van der Waals surface area contributed by atoms with Gasteiger partial charge in [-0.05, 0) is 6.42 Å². The van der Waals surface area contributed by atoms with Gasteiger partial charge in [0.2, 0.25) is 0 Å². The molecule has 2 heterocycles. The third-order valence-corrected chi connectivity index (χ3v) is 4.57. The van der Waals surface area contributed by atoms with E-state index in [9.17, 15) is 14.4 Å². The molecule has 0 aromatic carbocycles. The van der Waals surface area contributed by atoms with Crippen LogP contribution in [0.5, 0.6) is 0 Å². The van der Waals surface area contributed by atoms with Crippen LogP contribution in [0.4, 0.5) is 0 Å². The summed E-state index contributed by atoms with van der Waals surface area (Å²) in [6, 6.07) is 0. The molecular formula is C15H20N4O4S. The first-order valence-electron chi connectivity index (χ1n) is 7.57. The van der Waals surface area contributed by atoms with Crippen molar-refractivity contribution in [3.8, 4) is 0 Å². The maximum Gasteiger partial charge on any atom is 0.332 e. The number of unbranched alkanes of at least 4 members (excludes halogenated alkanes) is 1. The van der Waals surface area contributed by atoms with Gasteiger partial charge in [0.05, 0.1) is 12.9 Å². The number of esters is 1. The molecule has 0 aliphatic heterocycles. The van der Waals surface area contributed by atoms with E-state index in [0.717, 1.165) is 29.2 Å². The van der Waals surface area contributed by atoms with E-state index in [1.807, 2.05) is 0 Å². The predicted molar refractivity (Wildman–Crippen MR) is 91.4 cm³/mol. The monoisotopic (exact) mass is 352 g/mol. The SMILES string of the molecule is CCCCc1nc(SCC(=O)OC)c2c(=O)n(C)c(=O)n(C)c2n1. The minimum atomic E-state index is -0.470. The molecule has 0 N–H and O–H groups in total. The number of hydrogen-bond acceptors (Lipinski definition) is 7. The van der Waals surface area contributed by atoms with Gasteiger partial charge >= 0.3 is 11.7 Å². The van der Waals surface area contributed by atoms with E-state index in [2.05, 4.69) is 21.6 Å². The van der Waals surface area contributed by atoms with Crippen LogP contribution in [0.2, 0.25) is 0 Å². The molecule has 0 aliphatic rings. The standard InChI is InChI=1S/C15H20N4O4S/c1-5-6-7-9-16-12-11(13(17-9)24-8-10(20)23-4)14(21)19(3)15(22)18(12)2/h5-8H2,1-4H3. The van der Waals surface area contributed by atoms with Crippen LogP contribution in [0.1, 0.15) is 25.6 Å². The van der Waals surface area contributed by atoms with Gasteiger partial charge < -0.3 is 4.74 Å². The fraction of sp³-hybridized carbons (Fsp3) is 0.533. The molecule has 0 atom stereocenters. The largest absolute Gasteiger partial charge is 0.468 e. The summed E-state index contributed by atoms with van der Waals surface area (Å²) >= 11 is 1.11. The zero-order chi connectivity index (χ0) is 17.9. The Hall–Kier alpha value is -2.16. The zero-order valence-electron chi connectivity index (χ0n) is 14.2. The molecule has 24 heavy (non-hydrogen) atoms. The van der Waals surface area contributed by atoms with Crippen molar-refractivity contribution < 1.29 is 9.53 Å². The fourth-order valence-corrected chi connectivity index (χ4v) is 3.07. The molecule has 8 nitrogen and oxygen atoms in total. The first-order chi connectivity index (χ1) is 11.4. The Morgan fingerprint density at radius 1 is 1.21 bits per heavy atom. The number of methoxy groups -OCH3 is 1. The highest BCUT2D eigenvalue weighted by Crippen LogP contribution is 2.22. The Balaban J connectivity index is 2.69. The minimum absolute atomic E-state index is 0.0296. The number of carbonyl (C=O) groups is 1. The molecule has 2 aromatic rings. The molecule has 2 aromatic heterocycles. The lowest BCUT2D eigenvalue weighted by atomic mass is 10.2. The molecule has 0 amide bonds. The van der Waals surface area contributed by atoms with Gasteiger partial charge in [-0.25, -0.2) is 14.8 Å². The van der Waals surface area contributed by atoms with Crippen molar-refractivity contribution in [2.75, 3.05) is 12.9 Å². The van der Waals surface area contributed by atoms with Crippen LogP contribution in [0.15, 0.2) is 14.6 Å². The van der Waals surface area contributed by atoms with Crippen molar-refractivity contribution in [1.82, 2.24) is 19.1 Å². The number of rotatable bonds is 6. The topological polar surface area (TPSA) is 96.1 Å². The van der Waals surface area contributed by atoms with E-state index >= 15 is 0 Å². The number of ether oxygens (including phenoxy) is 1. The van der Waals surface area contributed by atoms with Gasteiger partial charge in [0.25, 0.3) is 5.56 Å². The Morgan fingerprint density at radius 3 is 2.54 bits per heavy atom. The highest BCUT2D eigenvalue weighted by molar-refractivity contribution is 8.00. The molecule has 0 fully saturated rings. The average Bonchev–Trinajstić information content (AvgIpc) is 2.60. The van der Waals surface area contributed by atoms with E-state index in [1.54, 1.807) is 7.05 Å². The minimum Gasteiger partial charge on any atom is -0.468 e. The molecule has 9 heteroatoms. The van der Waals surface area contributed by atoms with Crippen LogP contribution in [0.25, 0.3) is 11.0 Å². The molecule has 0 saturated heterocycles. The Bertz CT molecular complexity index is 888. The van der Waals surface area contributed by atoms with Crippen LogP contribution in [-0.4, -0.2) is 37.9 Å². The quantitative estimate of drug-likeness (QED) is 0.427. The summed E-state index contributed by atoms with van der Waals surface area (Å²) in [6.45, 7) is 2.06. The van der Waals surface area contributed by atoms with Crippen molar-refractivity contribution in [2.45, 2.75) is 31.2 Å². The molecule has 0 bridgehead atoms. The molecule has 0 unspecified atom stereocenters. The summed E-state index contributed by atoms with van der Waals surface area (Å²) in [5.41, 5.74) is -0.629. The third-order valence-electron chi connectivity index (χ3n) is 3.62.